The van der Waals surface area contributed by atoms with Gasteiger partial charge in [-0.2, -0.15) is 0 Å². The van der Waals surface area contributed by atoms with Crippen molar-refractivity contribution in [2.45, 2.75) is 93.2 Å². The summed E-state index contributed by atoms with van der Waals surface area (Å²) in [6.45, 7) is 15.4. The molecule has 0 N–H and O–H groups in total. The van der Waals surface area contributed by atoms with Crippen LogP contribution in [0.1, 0.15) is 89.5 Å². The molecular weight excluding hydrogens is 336 g/mol. The van der Waals surface area contributed by atoms with E-state index < -0.39 is 25.0 Å². The topological polar surface area (TPSA) is 32.8 Å². The van der Waals surface area contributed by atoms with E-state index in [1.54, 1.807) is 19.9 Å². The summed E-state index contributed by atoms with van der Waals surface area (Å²) < 4.78 is 37.9. The largest absolute Gasteiger partial charge is 0.415 e. The molecule has 0 aliphatic rings. The Bertz CT molecular complexity index is 761. The lowest BCUT2D eigenvalue weighted by molar-refractivity contribution is 0.137. The Labute approximate surface area is 172 Å². The Kier molecular flexibility index (Phi) is 6.95. The van der Waals surface area contributed by atoms with Gasteiger partial charge in [-0.05, 0) is 83.6 Å². The highest BCUT2D eigenvalue weighted by Gasteiger charge is 2.26. The number of hydrogen-bond acceptors (Lipinski definition) is 3. The van der Waals surface area contributed by atoms with E-state index in [0.717, 1.165) is 41.5 Å². The Morgan fingerprint density at radius 2 is 1.74 bits per heavy atom. The van der Waals surface area contributed by atoms with Crippen molar-refractivity contribution in [1.82, 2.24) is 9.80 Å². The van der Waals surface area contributed by atoms with Crippen LogP contribution in [0, 0.1) is 13.8 Å². The van der Waals surface area contributed by atoms with Gasteiger partial charge in [-0.25, -0.2) is 4.79 Å². The SMILES string of the molecule is [2H]C([2H])(C)C([2H])([2H])N(C(=O)Oc1ccc(C)c([C@H](CC)N(CC)C(C)C)c1C)C(C)C. The number of hydrogen-bond donors (Lipinski definition) is 0. The molecule has 0 aliphatic heterocycles. The monoisotopic (exact) mass is 380 g/mol. The molecule has 4 nitrogen and oxygen atoms in total. The van der Waals surface area contributed by atoms with Gasteiger partial charge in [-0.1, -0.05) is 26.8 Å². The smallest absolute Gasteiger partial charge is 0.410 e. The Balaban J connectivity index is 3.43. The second-order valence-corrected chi connectivity index (χ2v) is 7.46. The quantitative estimate of drug-likeness (QED) is 0.518. The molecule has 0 aromatic heterocycles. The zero-order chi connectivity index (χ0) is 24.3. The highest BCUT2D eigenvalue weighted by atomic mass is 16.6. The Morgan fingerprint density at radius 3 is 2.19 bits per heavy atom. The van der Waals surface area contributed by atoms with E-state index in [2.05, 4.69) is 39.5 Å². The molecule has 1 amide bonds. The molecule has 1 atom stereocenters. The number of carbonyl (C=O) groups excluding carboxylic acids is 1. The van der Waals surface area contributed by atoms with Gasteiger partial charge in [0, 0.05) is 30.1 Å². The summed E-state index contributed by atoms with van der Waals surface area (Å²) in [7, 11) is 0. The molecule has 0 radical (unpaired) electrons. The maximum atomic E-state index is 13.0. The van der Waals surface area contributed by atoms with Crippen LogP contribution < -0.4 is 4.74 Å². The minimum atomic E-state index is -2.53. The molecule has 4 heteroatoms. The van der Waals surface area contributed by atoms with Gasteiger partial charge in [0.05, 0.1) is 0 Å². The lowest BCUT2D eigenvalue weighted by Gasteiger charge is -2.36. The molecule has 0 fully saturated rings. The maximum absolute atomic E-state index is 13.0. The molecule has 0 aliphatic carbocycles. The second-order valence-electron chi connectivity index (χ2n) is 7.46. The summed E-state index contributed by atoms with van der Waals surface area (Å²) in [5.41, 5.74) is 3.08. The molecular formula is C23H40N2O2. The third-order valence-electron chi connectivity index (χ3n) is 4.97. The van der Waals surface area contributed by atoms with Gasteiger partial charge in [0.25, 0.3) is 0 Å². The molecule has 0 saturated carbocycles. The van der Waals surface area contributed by atoms with Crippen LogP contribution in [0.3, 0.4) is 0 Å². The molecule has 1 aromatic carbocycles. The average molecular weight is 381 g/mol. The van der Waals surface area contributed by atoms with Crippen molar-refractivity contribution in [3.8, 4) is 5.75 Å². The molecule has 154 valence electrons. The molecule has 0 unspecified atom stereocenters. The van der Waals surface area contributed by atoms with Gasteiger partial charge < -0.3 is 9.64 Å². The maximum Gasteiger partial charge on any atom is 0.415 e. The van der Waals surface area contributed by atoms with Crippen LogP contribution in [-0.4, -0.2) is 41.0 Å². The summed E-state index contributed by atoms with van der Waals surface area (Å²) in [4.78, 5) is 16.3. The number of ether oxygens (including phenoxy) is 1. The predicted octanol–water partition coefficient (Wildman–Crippen LogP) is 6.10. The zero-order valence-corrected chi connectivity index (χ0v) is 18.5. The van der Waals surface area contributed by atoms with Crippen molar-refractivity contribution in [1.29, 1.82) is 0 Å². The van der Waals surface area contributed by atoms with E-state index in [1.165, 1.54) is 0 Å². The molecule has 0 saturated heterocycles. The van der Waals surface area contributed by atoms with Gasteiger partial charge in [-0.3, -0.25) is 4.90 Å². The van der Waals surface area contributed by atoms with Crippen LogP contribution in [-0.2, 0) is 0 Å². The van der Waals surface area contributed by atoms with Gasteiger partial charge in [0.15, 0.2) is 0 Å². The van der Waals surface area contributed by atoms with E-state index in [0.29, 0.717) is 11.8 Å². The highest BCUT2D eigenvalue weighted by molar-refractivity contribution is 5.71. The minimum absolute atomic E-state index is 0.168. The summed E-state index contributed by atoms with van der Waals surface area (Å²) in [6.07, 6.45) is -2.24. The van der Waals surface area contributed by atoms with Crippen molar-refractivity contribution in [2.75, 3.05) is 13.0 Å². The molecule has 0 bridgehead atoms. The third kappa shape index (κ3) is 5.71. The number of rotatable bonds is 9. The second kappa shape index (κ2) is 10.7. The average Bonchev–Trinajstić information content (AvgIpc) is 2.61. The van der Waals surface area contributed by atoms with E-state index in [1.807, 2.05) is 13.0 Å². The number of carbonyl (C=O) groups is 1. The summed E-state index contributed by atoms with van der Waals surface area (Å²) in [5.74, 6) is 0.377. The van der Waals surface area contributed by atoms with Crippen LogP contribution in [0.5, 0.6) is 5.75 Å². The predicted molar refractivity (Wildman–Crippen MR) is 115 cm³/mol. The zero-order valence-electron chi connectivity index (χ0n) is 22.5. The van der Waals surface area contributed by atoms with Crippen LogP contribution in [0.25, 0.3) is 0 Å². The van der Waals surface area contributed by atoms with Crippen LogP contribution in [0.2, 0.25) is 0 Å². The fourth-order valence-corrected chi connectivity index (χ4v) is 3.67. The number of aryl methyl sites for hydroxylation is 1. The standard InChI is InChI=1S/C23H40N2O2/c1-10-15-25(17(6)7)23(26)27-21-14-13-18(8)22(19(21)9)20(11-2)24(12-3)16(4)5/h13-14,16-17,20H,10-12,15H2,1-9H3/t20-/m0/s1/i10D2,15D2. The van der Waals surface area contributed by atoms with E-state index >= 15 is 0 Å². The Hall–Kier alpha value is -1.55. The van der Waals surface area contributed by atoms with Crippen molar-refractivity contribution >= 4 is 6.09 Å². The molecule has 27 heavy (non-hydrogen) atoms. The lowest BCUT2D eigenvalue weighted by Crippen LogP contribution is -2.39. The number of benzene rings is 1. The van der Waals surface area contributed by atoms with E-state index in [4.69, 9.17) is 10.2 Å². The highest BCUT2D eigenvalue weighted by Crippen LogP contribution is 2.35. The first kappa shape index (κ1) is 17.5. The van der Waals surface area contributed by atoms with E-state index in [9.17, 15) is 4.79 Å². The number of amides is 1. The number of nitrogens with zero attached hydrogens (tertiary/aromatic N) is 2. The summed E-state index contributed by atoms with van der Waals surface area (Å²) in [6, 6.07) is 3.60. The van der Waals surface area contributed by atoms with Crippen molar-refractivity contribution < 1.29 is 15.0 Å². The first-order chi connectivity index (χ1) is 14.1. The summed E-state index contributed by atoms with van der Waals surface area (Å²) >= 11 is 0. The van der Waals surface area contributed by atoms with Gasteiger partial charge in [0.2, 0.25) is 0 Å². The summed E-state index contributed by atoms with van der Waals surface area (Å²) in [5, 5.41) is 0. The fraction of sp³-hybridized carbons (Fsp3) is 0.696. The molecule has 0 spiro atoms. The Morgan fingerprint density at radius 1 is 1.11 bits per heavy atom. The van der Waals surface area contributed by atoms with Crippen molar-refractivity contribution in [2.24, 2.45) is 0 Å². The van der Waals surface area contributed by atoms with Gasteiger partial charge in [-0.15, -0.1) is 0 Å². The lowest BCUT2D eigenvalue weighted by atomic mass is 9.92. The molecule has 1 rings (SSSR count). The molecule has 1 aromatic rings. The fourth-order valence-electron chi connectivity index (χ4n) is 3.67. The van der Waals surface area contributed by atoms with E-state index in [-0.39, 0.29) is 6.04 Å². The first-order valence-corrected chi connectivity index (χ1v) is 9.98. The normalized spacial score (nSPS) is 16.0. The van der Waals surface area contributed by atoms with Crippen LogP contribution in [0.4, 0.5) is 4.79 Å². The third-order valence-corrected chi connectivity index (χ3v) is 4.97. The van der Waals surface area contributed by atoms with Gasteiger partial charge in [0.1, 0.15) is 5.75 Å². The van der Waals surface area contributed by atoms with Crippen molar-refractivity contribution in [3.05, 3.63) is 28.8 Å². The first-order valence-electron chi connectivity index (χ1n) is 12.0. The molecule has 0 heterocycles. The van der Waals surface area contributed by atoms with Crippen LogP contribution >= 0.6 is 0 Å². The minimum Gasteiger partial charge on any atom is -0.410 e. The van der Waals surface area contributed by atoms with Gasteiger partial charge >= 0.3 is 6.09 Å². The van der Waals surface area contributed by atoms with Crippen molar-refractivity contribution in [3.63, 3.8) is 0 Å². The van der Waals surface area contributed by atoms with Crippen LogP contribution in [0.15, 0.2) is 12.1 Å².